The van der Waals surface area contributed by atoms with Crippen LogP contribution in [0.25, 0.3) is 0 Å². The van der Waals surface area contributed by atoms with E-state index >= 15 is 0 Å². The van der Waals surface area contributed by atoms with E-state index in [4.69, 9.17) is 5.73 Å². The topological polar surface area (TPSA) is 63.4 Å². The van der Waals surface area contributed by atoms with E-state index in [1.807, 2.05) is 17.0 Å². The molecule has 23 heavy (non-hydrogen) atoms. The summed E-state index contributed by atoms with van der Waals surface area (Å²) in [5.74, 6) is 0.152. The fourth-order valence-corrected chi connectivity index (χ4v) is 3.82. The van der Waals surface area contributed by atoms with Gasteiger partial charge < -0.3 is 10.6 Å². The van der Waals surface area contributed by atoms with Crippen LogP contribution in [0.5, 0.6) is 0 Å². The number of nitrogens with zero attached hydrogens (tertiary/aromatic N) is 1. The summed E-state index contributed by atoms with van der Waals surface area (Å²) in [6.45, 7) is 1.30. The van der Waals surface area contributed by atoms with E-state index in [1.54, 1.807) is 0 Å². The van der Waals surface area contributed by atoms with Crippen LogP contribution in [0.2, 0.25) is 0 Å². The van der Waals surface area contributed by atoms with Gasteiger partial charge in [0.25, 0.3) is 0 Å². The smallest absolute Gasteiger partial charge is 0.223 e. The Balaban J connectivity index is 1.58. The number of hydrogen-bond acceptors (Lipinski definition) is 3. The number of carbonyl (C=O) groups is 2. The van der Waals surface area contributed by atoms with Crippen molar-refractivity contribution >= 4 is 11.7 Å². The minimum Gasteiger partial charge on any atom is -0.338 e. The molecule has 1 unspecified atom stereocenters. The van der Waals surface area contributed by atoms with Gasteiger partial charge in [-0.25, -0.2) is 0 Å². The Bertz CT molecular complexity index is 597. The lowest BCUT2D eigenvalue weighted by Gasteiger charge is -2.23. The molecular weight excluding hydrogens is 288 g/mol. The van der Waals surface area contributed by atoms with Crippen molar-refractivity contribution in [3.05, 3.63) is 34.9 Å². The molecule has 4 heteroatoms. The predicted molar refractivity (Wildman–Crippen MR) is 90.4 cm³/mol. The number of carbonyl (C=O) groups excluding carboxylic acids is 2. The maximum atomic E-state index is 12.4. The van der Waals surface area contributed by atoms with Crippen molar-refractivity contribution in [2.45, 2.75) is 57.4 Å². The Kier molecular flexibility index (Phi) is 5.11. The van der Waals surface area contributed by atoms with E-state index < -0.39 is 0 Å². The largest absolute Gasteiger partial charge is 0.338 e. The van der Waals surface area contributed by atoms with Crippen LogP contribution in [0, 0.1) is 0 Å². The highest BCUT2D eigenvalue weighted by atomic mass is 16.2. The summed E-state index contributed by atoms with van der Waals surface area (Å²) in [6.07, 6.45) is 7.25. The zero-order chi connectivity index (χ0) is 16.2. The maximum absolute atomic E-state index is 12.4. The summed E-state index contributed by atoms with van der Waals surface area (Å²) < 4.78 is 0. The van der Waals surface area contributed by atoms with E-state index in [9.17, 15) is 9.59 Å². The number of ketones is 1. The number of amides is 1. The van der Waals surface area contributed by atoms with E-state index in [-0.39, 0.29) is 17.7 Å². The fraction of sp³-hybridized carbons (Fsp3) is 0.579. The van der Waals surface area contributed by atoms with Crippen LogP contribution in [-0.4, -0.2) is 35.7 Å². The van der Waals surface area contributed by atoms with Gasteiger partial charge in [0.2, 0.25) is 5.91 Å². The zero-order valence-corrected chi connectivity index (χ0v) is 13.7. The Labute approximate surface area is 138 Å². The number of aryl methyl sites for hydroxylation is 2. The number of fused-ring (bicyclic) bond motifs is 1. The molecular formula is C19H26N2O2. The van der Waals surface area contributed by atoms with Gasteiger partial charge in [-0.05, 0) is 55.7 Å². The lowest BCUT2D eigenvalue weighted by molar-refractivity contribution is -0.131. The molecule has 1 atom stereocenters. The predicted octanol–water partition coefficient (Wildman–Crippen LogP) is 2.48. The molecule has 1 heterocycles. The Hall–Kier alpha value is -1.68. The average Bonchev–Trinajstić information content (AvgIpc) is 3.07. The normalized spacial score (nSPS) is 20.4. The van der Waals surface area contributed by atoms with Crippen LogP contribution in [-0.2, 0) is 17.6 Å². The molecule has 1 saturated heterocycles. The molecule has 0 aromatic heterocycles. The lowest BCUT2D eigenvalue weighted by Crippen LogP contribution is -2.39. The zero-order valence-electron chi connectivity index (χ0n) is 13.7. The highest BCUT2D eigenvalue weighted by molar-refractivity contribution is 5.98. The summed E-state index contributed by atoms with van der Waals surface area (Å²) in [4.78, 5) is 26.6. The van der Waals surface area contributed by atoms with E-state index in [0.29, 0.717) is 19.4 Å². The van der Waals surface area contributed by atoms with Crippen molar-refractivity contribution in [3.8, 4) is 0 Å². The highest BCUT2D eigenvalue weighted by Crippen LogP contribution is 2.23. The molecule has 0 bridgehead atoms. The summed E-state index contributed by atoms with van der Waals surface area (Å²) in [5.41, 5.74) is 9.17. The standard InChI is InChI=1S/C19H26N2O2/c20-13-17-6-3-11-21(17)19(23)10-9-18(22)16-8-7-14-4-1-2-5-15(14)12-16/h7-8,12,17H,1-6,9-11,13,20H2. The summed E-state index contributed by atoms with van der Waals surface area (Å²) >= 11 is 0. The minimum absolute atomic E-state index is 0.0734. The highest BCUT2D eigenvalue weighted by Gasteiger charge is 2.27. The van der Waals surface area contributed by atoms with Gasteiger partial charge >= 0.3 is 0 Å². The second-order valence-electron chi connectivity index (χ2n) is 6.73. The quantitative estimate of drug-likeness (QED) is 0.849. The summed E-state index contributed by atoms with van der Waals surface area (Å²) in [5, 5.41) is 0. The number of benzene rings is 1. The molecule has 4 nitrogen and oxygen atoms in total. The molecule has 2 aliphatic rings. The van der Waals surface area contributed by atoms with Crippen LogP contribution in [0.15, 0.2) is 18.2 Å². The monoisotopic (exact) mass is 314 g/mol. The number of likely N-dealkylation sites (tertiary alicyclic amines) is 1. The third kappa shape index (κ3) is 3.63. The van der Waals surface area contributed by atoms with Gasteiger partial charge in [-0.1, -0.05) is 12.1 Å². The number of nitrogens with two attached hydrogens (primary N) is 1. The van der Waals surface area contributed by atoms with Gasteiger partial charge in [-0.15, -0.1) is 0 Å². The van der Waals surface area contributed by atoms with Gasteiger partial charge in [0, 0.05) is 37.5 Å². The van der Waals surface area contributed by atoms with E-state index in [2.05, 4.69) is 6.07 Å². The molecule has 0 radical (unpaired) electrons. The van der Waals surface area contributed by atoms with E-state index in [1.165, 1.54) is 24.0 Å². The molecule has 1 aliphatic carbocycles. The maximum Gasteiger partial charge on any atom is 0.223 e. The van der Waals surface area contributed by atoms with Gasteiger partial charge in [-0.3, -0.25) is 9.59 Å². The first-order chi connectivity index (χ1) is 11.2. The molecule has 1 aromatic rings. The average molecular weight is 314 g/mol. The van der Waals surface area contributed by atoms with Crippen molar-refractivity contribution in [1.29, 1.82) is 0 Å². The van der Waals surface area contributed by atoms with Gasteiger partial charge in [-0.2, -0.15) is 0 Å². The first-order valence-electron chi connectivity index (χ1n) is 8.83. The Morgan fingerprint density at radius 3 is 2.65 bits per heavy atom. The van der Waals surface area contributed by atoms with Gasteiger partial charge in [0.1, 0.15) is 0 Å². The second-order valence-corrected chi connectivity index (χ2v) is 6.73. The molecule has 1 amide bonds. The second kappa shape index (κ2) is 7.26. The van der Waals surface area contributed by atoms with Crippen LogP contribution in [0.4, 0.5) is 0 Å². The Morgan fingerprint density at radius 1 is 1.09 bits per heavy atom. The molecule has 0 saturated carbocycles. The van der Waals surface area contributed by atoms with Crippen LogP contribution >= 0.6 is 0 Å². The summed E-state index contributed by atoms with van der Waals surface area (Å²) in [6, 6.07) is 6.23. The number of Topliss-reactive ketones (excluding diaryl/α,β-unsaturated/α-hetero) is 1. The van der Waals surface area contributed by atoms with Gasteiger partial charge in [0.15, 0.2) is 5.78 Å². The molecule has 1 fully saturated rings. The van der Waals surface area contributed by atoms with Crippen LogP contribution in [0.1, 0.15) is 60.0 Å². The van der Waals surface area contributed by atoms with Gasteiger partial charge in [0.05, 0.1) is 0 Å². The van der Waals surface area contributed by atoms with Crippen LogP contribution in [0.3, 0.4) is 0 Å². The molecule has 2 N–H and O–H groups in total. The molecule has 0 spiro atoms. The Morgan fingerprint density at radius 2 is 1.87 bits per heavy atom. The number of hydrogen-bond donors (Lipinski definition) is 1. The van der Waals surface area contributed by atoms with Crippen molar-refractivity contribution < 1.29 is 9.59 Å². The van der Waals surface area contributed by atoms with Crippen molar-refractivity contribution in [2.24, 2.45) is 5.73 Å². The lowest BCUT2D eigenvalue weighted by atomic mass is 9.89. The minimum atomic E-state index is 0.0734. The fourth-order valence-electron chi connectivity index (χ4n) is 3.82. The molecule has 124 valence electrons. The van der Waals surface area contributed by atoms with Crippen LogP contribution < -0.4 is 5.73 Å². The van der Waals surface area contributed by atoms with Crippen molar-refractivity contribution in [2.75, 3.05) is 13.1 Å². The first kappa shape index (κ1) is 16.2. The third-order valence-electron chi connectivity index (χ3n) is 5.21. The first-order valence-corrected chi connectivity index (χ1v) is 8.83. The molecule has 1 aromatic carbocycles. The molecule has 3 rings (SSSR count). The SMILES string of the molecule is NCC1CCCN1C(=O)CCC(=O)c1ccc2c(c1)CCCC2. The number of rotatable bonds is 5. The van der Waals surface area contributed by atoms with Crippen molar-refractivity contribution in [3.63, 3.8) is 0 Å². The van der Waals surface area contributed by atoms with E-state index in [0.717, 1.165) is 37.8 Å². The molecule has 1 aliphatic heterocycles. The third-order valence-corrected chi connectivity index (χ3v) is 5.21. The summed E-state index contributed by atoms with van der Waals surface area (Å²) in [7, 11) is 0. The van der Waals surface area contributed by atoms with Crippen molar-refractivity contribution in [1.82, 2.24) is 4.90 Å².